The van der Waals surface area contributed by atoms with Crippen LogP contribution in [0.5, 0.6) is 0 Å². The number of ether oxygens (including phenoxy) is 2. The van der Waals surface area contributed by atoms with Crippen LogP contribution in [0.1, 0.15) is 20.8 Å². The molecule has 15 heavy (non-hydrogen) atoms. The molecular weight excluding hydrogens is 252 g/mol. The first-order valence-electron chi connectivity index (χ1n) is 4.28. The molecule has 0 aliphatic carbocycles. The number of aliphatic hydroxyl groups is 1. The molecule has 0 atom stereocenters. The zero-order valence-electron chi connectivity index (χ0n) is 8.80. The zero-order chi connectivity index (χ0) is 11.1. The topological polar surface area (TPSA) is 72.8 Å². The average Bonchev–Trinajstić information content (AvgIpc) is 2.16. The molecule has 0 saturated heterocycles. The molecule has 0 aromatic rings. The molecule has 0 fully saturated rings. The summed E-state index contributed by atoms with van der Waals surface area (Å²) in [6.07, 6.45) is 0. The minimum absolute atomic E-state index is 0. The van der Waals surface area contributed by atoms with E-state index in [2.05, 4.69) is 9.47 Å². The van der Waals surface area contributed by atoms with Crippen molar-refractivity contribution in [1.29, 1.82) is 0 Å². The van der Waals surface area contributed by atoms with Gasteiger partial charge in [0.1, 0.15) is 0 Å². The summed E-state index contributed by atoms with van der Waals surface area (Å²) >= 11 is 0. The van der Waals surface area contributed by atoms with Crippen LogP contribution >= 0.6 is 0 Å². The summed E-state index contributed by atoms with van der Waals surface area (Å²) in [5.41, 5.74) is -0.148. The smallest absolute Gasteiger partial charge is 0.373 e. The first-order valence-corrected chi connectivity index (χ1v) is 4.28. The van der Waals surface area contributed by atoms with Crippen molar-refractivity contribution in [2.24, 2.45) is 0 Å². The average molecular weight is 266 g/mol. The predicted molar refractivity (Wildman–Crippen MR) is 48.6 cm³/mol. The van der Waals surface area contributed by atoms with Crippen molar-refractivity contribution in [3.05, 3.63) is 11.3 Å². The van der Waals surface area contributed by atoms with Crippen molar-refractivity contribution < 1.29 is 41.2 Å². The number of rotatable bonds is 4. The van der Waals surface area contributed by atoms with Gasteiger partial charge >= 0.3 is 11.9 Å². The van der Waals surface area contributed by atoms with Gasteiger partial charge in [0.2, 0.25) is 5.76 Å². The molecule has 0 unspecified atom stereocenters. The third-order valence-electron chi connectivity index (χ3n) is 1.41. The van der Waals surface area contributed by atoms with Crippen LogP contribution in [-0.4, -0.2) is 30.3 Å². The number of carbonyl (C=O) groups excluding carboxylic acids is 2. The quantitative estimate of drug-likeness (QED) is 0.354. The molecular formula is C9H14CuO5. The Morgan fingerprint density at radius 1 is 1.07 bits per heavy atom. The van der Waals surface area contributed by atoms with Gasteiger partial charge in [-0.05, 0) is 20.8 Å². The Balaban J connectivity index is 0. The van der Waals surface area contributed by atoms with Crippen molar-refractivity contribution >= 4 is 11.9 Å². The van der Waals surface area contributed by atoms with E-state index in [1.54, 1.807) is 13.8 Å². The van der Waals surface area contributed by atoms with Crippen LogP contribution < -0.4 is 0 Å². The largest absolute Gasteiger partial charge is 0.501 e. The van der Waals surface area contributed by atoms with Gasteiger partial charge in [-0.1, -0.05) is 0 Å². The molecule has 0 amide bonds. The van der Waals surface area contributed by atoms with E-state index in [9.17, 15) is 14.7 Å². The maximum Gasteiger partial charge on any atom is 0.373 e. The standard InChI is InChI=1S/C9H14O5.Cu/c1-4-13-8(11)6(3)7(10)9(12)14-5-2;/h10H,4-5H2,1-3H3;/b7-6-;. The summed E-state index contributed by atoms with van der Waals surface area (Å²) in [6, 6.07) is 0. The van der Waals surface area contributed by atoms with Gasteiger partial charge in [-0.3, -0.25) is 0 Å². The van der Waals surface area contributed by atoms with Gasteiger partial charge in [0.05, 0.1) is 18.8 Å². The molecule has 1 radical (unpaired) electrons. The van der Waals surface area contributed by atoms with Crippen LogP contribution in [0.15, 0.2) is 11.3 Å². The molecule has 0 saturated carbocycles. The Morgan fingerprint density at radius 2 is 1.47 bits per heavy atom. The third-order valence-corrected chi connectivity index (χ3v) is 1.41. The summed E-state index contributed by atoms with van der Waals surface area (Å²) in [6.45, 7) is 4.85. The SMILES string of the molecule is CCOC(=O)/C(C)=C(\O)C(=O)OCC.[Cu]. The van der Waals surface area contributed by atoms with E-state index in [1.165, 1.54) is 6.92 Å². The summed E-state index contributed by atoms with van der Waals surface area (Å²) < 4.78 is 9.09. The van der Waals surface area contributed by atoms with Crippen molar-refractivity contribution in [3.8, 4) is 0 Å². The third kappa shape index (κ3) is 5.44. The van der Waals surface area contributed by atoms with Crippen LogP contribution in [0.25, 0.3) is 0 Å². The van der Waals surface area contributed by atoms with Gasteiger partial charge in [0, 0.05) is 17.1 Å². The molecule has 0 bridgehead atoms. The fourth-order valence-electron chi connectivity index (χ4n) is 0.689. The minimum Gasteiger partial charge on any atom is -0.501 e. The van der Waals surface area contributed by atoms with E-state index in [0.717, 1.165) is 0 Å². The number of hydrogen-bond acceptors (Lipinski definition) is 5. The Bertz CT molecular complexity index is 233. The maximum absolute atomic E-state index is 11.0. The molecule has 5 nitrogen and oxygen atoms in total. The van der Waals surface area contributed by atoms with Crippen LogP contribution in [0, 0.1) is 0 Å². The summed E-state index contributed by atoms with van der Waals surface area (Å²) in [5, 5.41) is 9.22. The Labute approximate surface area is 98.9 Å². The van der Waals surface area contributed by atoms with Gasteiger partial charge in [0.15, 0.2) is 0 Å². The van der Waals surface area contributed by atoms with E-state index in [-0.39, 0.29) is 35.9 Å². The number of hydrogen-bond donors (Lipinski definition) is 1. The van der Waals surface area contributed by atoms with Crippen LogP contribution in [0.2, 0.25) is 0 Å². The van der Waals surface area contributed by atoms with Crippen LogP contribution in [-0.2, 0) is 36.1 Å². The Kier molecular flexibility index (Phi) is 9.11. The molecule has 0 rings (SSSR count). The summed E-state index contributed by atoms with van der Waals surface area (Å²) in [7, 11) is 0. The van der Waals surface area contributed by atoms with Crippen molar-refractivity contribution in [1.82, 2.24) is 0 Å². The van der Waals surface area contributed by atoms with Crippen molar-refractivity contribution in [3.63, 3.8) is 0 Å². The maximum atomic E-state index is 11.0. The van der Waals surface area contributed by atoms with Crippen LogP contribution in [0.4, 0.5) is 0 Å². The van der Waals surface area contributed by atoms with Crippen LogP contribution in [0.3, 0.4) is 0 Å². The normalized spacial score (nSPS) is 10.9. The molecule has 0 heterocycles. The molecule has 1 N–H and O–H groups in total. The fraction of sp³-hybridized carbons (Fsp3) is 0.556. The van der Waals surface area contributed by atoms with Gasteiger partial charge < -0.3 is 14.6 Å². The summed E-state index contributed by atoms with van der Waals surface area (Å²) in [5.74, 6) is -2.35. The first kappa shape index (κ1) is 16.4. The second-order valence-corrected chi connectivity index (χ2v) is 2.41. The van der Waals surface area contributed by atoms with E-state index < -0.39 is 17.7 Å². The second-order valence-electron chi connectivity index (χ2n) is 2.41. The number of aliphatic hydroxyl groups excluding tert-OH is 1. The molecule has 91 valence electrons. The summed E-state index contributed by atoms with van der Waals surface area (Å²) in [4.78, 5) is 22.0. The van der Waals surface area contributed by atoms with Gasteiger partial charge in [-0.25, -0.2) is 9.59 Å². The molecule has 0 aliphatic heterocycles. The van der Waals surface area contributed by atoms with Crippen molar-refractivity contribution in [2.75, 3.05) is 13.2 Å². The number of esters is 2. The van der Waals surface area contributed by atoms with Gasteiger partial charge in [-0.15, -0.1) is 0 Å². The molecule has 0 aromatic heterocycles. The van der Waals surface area contributed by atoms with E-state index in [1.807, 2.05) is 0 Å². The molecule has 0 spiro atoms. The van der Waals surface area contributed by atoms with E-state index in [0.29, 0.717) is 0 Å². The zero-order valence-corrected chi connectivity index (χ0v) is 9.74. The Morgan fingerprint density at radius 3 is 1.87 bits per heavy atom. The van der Waals surface area contributed by atoms with E-state index >= 15 is 0 Å². The van der Waals surface area contributed by atoms with Gasteiger partial charge in [0.25, 0.3) is 0 Å². The monoisotopic (exact) mass is 265 g/mol. The Hall–Kier alpha value is -1.00. The molecule has 0 aromatic carbocycles. The molecule has 6 heteroatoms. The minimum atomic E-state index is -0.918. The van der Waals surface area contributed by atoms with Gasteiger partial charge in [-0.2, -0.15) is 0 Å². The van der Waals surface area contributed by atoms with Crippen molar-refractivity contribution in [2.45, 2.75) is 20.8 Å². The number of carbonyl (C=O) groups is 2. The predicted octanol–water partition coefficient (Wildman–Crippen LogP) is 0.942. The molecule has 0 aliphatic rings. The second kappa shape index (κ2) is 8.32. The first-order chi connectivity index (χ1) is 6.54. The fourth-order valence-corrected chi connectivity index (χ4v) is 0.689. The van der Waals surface area contributed by atoms with E-state index in [4.69, 9.17) is 0 Å².